The molecular formula is C33H35N7O3. The van der Waals surface area contributed by atoms with Gasteiger partial charge >= 0.3 is 0 Å². The van der Waals surface area contributed by atoms with Crippen LogP contribution in [0.15, 0.2) is 59.9 Å². The van der Waals surface area contributed by atoms with E-state index in [1.165, 1.54) is 11.0 Å². The van der Waals surface area contributed by atoms with Gasteiger partial charge in [-0.2, -0.15) is 10.4 Å². The Morgan fingerprint density at radius 2 is 1.77 bits per heavy atom. The molecule has 43 heavy (non-hydrogen) atoms. The van der Waals surface area contributed by atoms with Gasteiger partial charge in [0.25, 0.3) is 11.5 Å². The molecule has 0 spiro atoms. The zero-order valence-corrected chi connectivity index (χ0v) is 24.3. The van der Waals surface area contributed by atoms with Crippen LogP contribution in [0.2, 0.25) is 0 Å². The van der Waals surface area contributed by atoms with Crippen LogP contribution in [-0.2, 0) is 11.8 Å². The van der Waals surface area contributed by atoms with Crippen molar-refractivity contribution in [1.82, 2.24) is 24.1 Å². The van der Waals surface area contributed by atoms with Crippen LogP contribution in [0, 0.1) is 17.2 Å². The molecule has 1 N–H and O–H groups in total. The Morgan fingerprint density at radius 3 is 2.44 bits per heavy atom. The molecule has 0 aromatic carbocycles. The molecule has 220 valence electrons. The third-order valence-electron chi connectivity index (χ3n) is 9.64. The summed E-state index contributed by atoms with van der Waals surface area (Å²) in [5.41, 5.74) is 4.25. The largest absolute Gasteiger partial charge is 0.383 e. The number of nitrogens with zero attached hydrogens (tertiary/aromatic N) is 7. The van der Waals surface area contributed by atoms with Crippen molar-refractivity contribution >= 4 is 17.2 Å². The number of hydrogen-bond acceptors (Lipinski definition) is 7. The van der Waals surface area contributed by atoms with Gasteiger partial charge in [0, 0.05) is 73.6 Å². The topological polar surface area (TPSA) is 120 Å². The van der Waals surface area contributed by atoms with Crippen LogP contribution in [0.25, 0.3) is 27.8 Å². The van der Waals surface area contributed by atoms with Gasteiger partial charge in [0.05, 0.1) is 17.3 Å². The predicted molar refractivity (Wildman–Crippen MR) is 162 cm³/mol. The molecule has 3 atom stereocenters. The van der Waals surface area contributed by atoms with Gasteiger partial charge in [-0.05, 0) is 61.4 Å². The molecular weight excluding hydrogens is 542 g/mol. The first kappa shape index (κ1) is 27.3. The van der Waals surface area contributed by atoms with Gasteiger partial charge in [0.1, 0.15) is 18.0 Å². The first-order valence-corrected chi connectivity index (χ1v) is 15.2. The molecule has 10 nitrogen and oxygen atoms in total. The van der Waals surface area contributed by atoms with Gasteiger partial charge in [0.2, 0.25) is 0 Å². The molecule has 1 amide bonds. The third kappa shape index (κ3) is 4.87. The third-order valence-corrected chi connectivity index (χ3v) is 9.64. The van der Waals surface area contributed by atoms with Gasteiger partial charge in [-0.3, -0.25) is 9.59 Å². The smallest absolute Gasteiger partial charge is 0.252 e. The van der Waals surface area contributed by atoms with Crippen LogP contribution in [-0.4, -0.2) is 66.4 Å². The van der Waals surface area contributed by atoms with E-state index >= 15 is 0 Å². The molecule has 1 saturated carbocycles. The highest BCUT2D eigenvalue weighted by Crippen LogP contribution is 2.36. The van der Waals surface area contributed by atoms with Gasteiger partial charge < -0.3 is 19.5 Å². The standard InChI is InChI=1S/C33H35N7O3/c1-37-12-11-22(14-30(37)41)24-13-28(31-25(15-34)17-36-39(31)18-24)23-7-10-29(35-16-23)38-19-26-8-9-27(20-38)40(26)33(43)32(42)21-5-3-2-4-6-21/h7,10-14,16-18,21,26-27,32,42H,2-6,8-9,19-20H2,1H3/t26?,27?,32-/m1/s1. The summed E-state index contributed by atoms with van der Waals surface area (Å²) < 4.78 is 3.21. The fraction of sp³-hybridized carbons (Fsp3) is 0.424. The molecule has 3 aliphatic rings. The van der Waals surface area contributed by atoms with Crippen LogP contribution in [0.5, 0.6) is 0 Å². The van der Waals surface area contributed by atoms with Crippen LogP contribution in [0.1, 0.15) is 50.5 Å². The summed E-state index contributed by atoms with van der Waals surface area (Å²) in [6.45, 7) is 1.38. The highest BCUT2D eigenvalue weighted by Gasteiger charge is 2.45. The van der Waals surface area contributed by atoms with E-state index in [1.807, 2.05) is 41.6 Å². The number of anilines is 1. The zero-order chi connectivity index (χ0) is 29.7. The zero-order valence-electron chi connectivity index (χ0n) is 24.3. The van der Waals surface area contributed by atoms with E-state index < -0.39 is 6.10 Å². The summed E-state index contributed by atoms with van der Waals surface area (Å²) in [7, 11) is 1.71. The number of hydrogen-bond donors (Lipinski definition) is 1. The Bertz CT molecular complexity index is 1770. The maximum Gasteiger partial charge on any atom is 0.252 e. The predicted octanol–water partition coefficient (Wildman–Crippen LogP) is 3.75. The minimum Gasteiger partial charge on any atom is -0.383 e. The Hall–Kier alpha value is -4.49. The minimum atomic E-state index is -0.888. The van der Waals surface area contributed by atoms with Gasteiger partial charge in [-0.15, -0.1) is 0 Å². The van der Waals surface area contributed by atoms with Crippen LogP contribution in [0.4, 0.5) is 5.82 Å². The number of aromatic nitrogens is 4. The van der Waals surface area contributed by atoms with E-state index in [1.54, 1.807) is 30.0 Å². The van der Waals surface area contributed by atoms with E-state index in [0.29, 0.717) is 24.2 Å². The number of carbonyl (C=O) groups is 1. The maximum absolute atomic E-state index is 13.4. The average Bonchev–Trinajstić information content (AvgIpc) is 3.58. The highest BCUT2D eigenvalue weighted by atomic mass is 16.3. The van der Waals surface area contributed by atoms with Crippen molar-refractivity contribution in [3.05, 3.63) is 71.0 Å². The second-order valence-corrected chi connectivity index (χ2v) is 12.3. The number of pyridine rings is 3. The van der Waals surface area contributed by atoms with E-state index in [0.717, 1.165) is 66.6 Å². The SMILES string of the molecule is Cn1ccc(-c2cc(-c3ccc(N4CC5CCC(C4)N5C(=O)[C@H](O)C4CCCCC4)nc3)c3c(C#N)cnn3c2)cc1=O. The van der Waals surface area contributed by atoms with Crippen LogP contribution < -0.4 is 10.5 Å². The molecule has 2 unspecified atom stereocenters. The number of aliphatic hydroxyl groups excluding tert-OH is 1. The molecule has 2 bridgehead atoms. The van der Waals surface area contributed by atoms with Crippen molar-refractivity contribution in [2.45, 2.75) is 63.1 Å². The van der Waals surface area contributed by atoms with Crippen molar-refractivity contribution in [1.29, 1.82) is 5.26 Å². The molecule has 1 aliphatic carbocycles. The summed E-state index contributed by atoms with van der Waals surface area (Å²) in [5, 5.41) is 25.1. The quantitative estimate of drug-likeness (QED) is 0.384. The monoisotopic (exact) mass is 577 g/mol. The summed E-state index contributed by atoms with van der Waals surface area (Å²) in [4.78, 5) is 34.8. The van der Waals surface area contributed by atoms with Gasteiger partial charge in [0.15, 0.2) is 0 Å². The second kappa shape index (κ2) is 11.0. The lowest BCUT2D eigenvalue weighted by molar-refractivity contribution is -0.147. The van der Waals surface area contributed by atoms with Crippen molar-refractivity contribution in [3.63, 3.8) is 0 Å². The first-order chi connectivity index (χ1) is 20.9. The van der Waals surface area contributed by atoms with Crippen molar-refractivity contribution in [2.24, 2.45) is 13.0 Å². The number of nitriles is 1. The normalized spacial score (nSPS) is 21.2. The maximum atomic E-state index is 13.4. The van der Waals surface area contributed by atoms with Gasteiger partial charge in [-0.1, -0.05) is 19.3 Å². The lowest BCUT2D eigenvalue weighted by atomic mass is 9.84. The minimum absolute atomic E-state index is 0.0748. The fourth-order valence-corrected chi connectivity index (χ4v) is 7.30. The molecule has 2 aliphatic heterocycles. The van der Waals surface area contributed by atoms with E-state index in [2.05, 4.69) is 16.1 Å². The number of amides is 1. The summed E-state index contributed by atoms with van der Waals surface area (Å²) >= 11 is 0. The highest BCUT2D eigenvalue weighted by molar-refractivity contribution is 5.87. The Morgan fingerprint density at radius 1 is 1.00 bits per heavy atom. The number of carbonyl (C=O) groups excluding carboxylic acids is 1. The lowest BCUT2D eigenvalue weighted by Crippen LogP contribution is -2.59. The van der Waals surface area contributed by atoms with Crippen molar-refractivity contribution < 1.29 is 9.90 Å². The number of fused-ring (bicyclic) bond motifs is 3. The Balaban J connectivity index is 1.15. The Labute approximate surface area is 249 Å². The number of aliphatic hydroxyl groups is 1. The van der Waals surface area contributed by atoms with Crippen molar-refractivity contribution in [2.75, 3.05) is 18.0 Å². The molecule has 10 heteroatoms. The summed E-state index contributed by atoms with van der Waals surface area (Å²) in [5.74, 6) is 0.840. The molecule has 6 heterocycles. The second-order valence-electron chi connectivity index (χ2n) is 12.3. The molecule has 2 saturated heterocycles. The van der Waals surface area contributed by atoms with E-state index in [9.17, 15) is 20.0 Å². The molecule has 3 fully saturated rings. The lowest BCUT2D eigenvalue weighted by Gasteiger charge is -2.43. The molecule has 7 rings (SSSR count). The summed E-state index contributed by atoms with van der Waals surface area (Å²) in [6.07, 6.45) is 13.2. The summed E-state index contributed by atoms with van der Waals surface area (Å²) in [6, 6.07) is 11.8. The van der Waals surface area contributed by atoms with Crippen LogP contribution >= 0.6 is 0 Å². The van der Waals surface area contributed by atoms with Crippen LogP contribution in [0.3, 0.4) is 0 Å². The average molecular weight is 578 g/mol. The molecule has 4 aromatic heterocycles. The number of rotatable bonds is 5. The molecule has 4 aromatic rings. The Kier molecular flexibility index (Phi) is 6.98. The number of aryl methyl sites for hydroxylation is 1. The van der Waals surface area contributed by atoms with Crippen molar-refractivity contribution in [3.8, 4) is 28.3 Å². The van der Waals surface area contributed by atoms with E-state index in [-0.39, 0.29) is 29.5 Å². The van der Waals surface area contributed by atoms with E-state index in [4.69, 9.17) is 4.98 Å². The molecule has 0 radical (unpaired) electrons. The fourth-order valence-electron chi connectivity index (χ4n) is 7.30. The van der Waals surface area contributed by atoms with Gasteiger partial charge in [-0.25, -0.2) is 9.50 Å². The number of piperazine rings is 1. The first-order valence-electron chi connectivity index (χ1n) is 15.2.